The summed E-state index contributed by atoms with van der Waals surface area (Å²) in [5.41, 5.74) is 0. The fourth-order valence-electron chi connectivity index (χ4n) is 3.95. The summed E-state index contributed by atoms with van der Waals surface area (Å²) in [6.45, 7) is 3.11. The number of hydrogen-bond acceptors (Lipinski definition) is 4. The van der Waals surface area contributed by atoms with Crippen LogP contribution in [0.1, 0.15) is 42.5 Å². The average molecular weight is 505 g/mol. The molecule has 27 heavy (non-hydrogen) atoms. The quantitative estimate of drug-likeness (QED) is 0.340. The standard InChI is InChI=1S/C19H31N5OS.HI/c1-4-15-11-21-17(26-15)7-8-20-19(22-12-18(25)24(2)3)23-16-10-13-5-6-14(16)9-13;/h11,13-14,16H,4-10,12H2,1-3H3,(H2,20,22,23);1H. The minimum Gasteiger partial charge on any atom is -0.356 e. The smallest absolute Gasteiger partial charge is 0.243 e. The molecule has 1 aromatic heterocycles. The number of aliphatic imine (C=N–C) groups is 1. The fourth-order valence-corrected chi connectivity index (χ4v) is 4.81. The molecule has 8 heteroatoms. The number of aromatic nitrogens is 1. The van der Waals surface area contributed by atoms with Crippen LogP contribution in [0.4, 0.5) is 0 Å². The predicted octanol–water partition coefficient (Wildman–Crippen LogP) is 2.68. The Labute approximate surface area is 183 Å². The zero-order valence-electron chi connectivity index (χ0n) is 16.5. The maximum Gasteiger partial charge on any atom is 0.243 e. The molecule has 3 unspecified atom stereocenters. The Balaban J connectivity index is 0.00000261. The number of halogens is 1. The number of carbonyl (C=O) groups excluding carboxylic acids is 1. The molecule has 6 nitrogen and oxygen atoms in total. The highest BCUT2D eigenvalue weighted by Gasteiger charge is 2.39. The first-order valence-electron chi connectivity index (χ1n) is 9.73. The number of fused-ring (bicyclic) bond motifs is 2. The molecule has 2 N–H and O–H groups in total. The van der Waals surface area contributed by atoms with E-state index in [1.807, 2.05) is 6.20 Å². The molecule has 1 heterocycles. The predicted molar refractivity (Wildman–Crippen MR) is 122 cm³/mol. The first-order chi connectivity index (χ1) is 12.5. The van der Waals surface area contributed by atoms with Crippen LogP contribution in [0.2, 0.25) is 0 Å². The van der Waals surface area contributed by atoms with Crippen LogP contribution in [0.5, 0.6) is 0 Å². The molecule has 2 aliphatic rings. The third kappa shape index (κ3) is 6.30. The van der Waals surface area contributed by atoms with E-state index >= 15 is 0 Å². The summed E-state index contributed by atoms with van der Waals surface area (Å²) in [7, 11) is 3.53. The minimum atomic E-state index is 0. The van der Waals surface area contributed by atoms with E-state index in [0.29, 0.717) is 6.04 Å². The first kappa shape index (κ1) is 22.4. The van der Waals surface area contributed by atoms with Crippen LogP contribution < -0.4 is 10.6 Å². The van der Waals surface area contributed by atoms with Gasteiger partial charge in [-0.3, -0.25) is 4.79 Å². The number of carbonyl (C=O) groups is 1. The highest BCUT2D eigenvalue weighted by molar-refractivity contribution is 14.0. The fraction of sp³-hybridized carbons (Fsp3) is 0.737. The number of rotatable bonds is 7. The molecule has 0 spiro atoms. The summed E-state index contributed by atoms with van der Waals surface area (Å²) in [5.74, 6) is 2.43. The number of guanidine groups is 1. The molecule has 0 aliphatic heterocycles. The summed E-state index contributed by atoms with van der Waals surface area (Å²) in [6, 6.07) is 0.501. The summed E-state index contributed by atoms with van der Waals surface area (Å²) < 4.78 is 0. The normalized spacial score (nSPS) is 23.8. The average Bonchev–Trinajstić information content (AvgIpc) is 3.35. The van der Waals surface area contributed by atoms with Crippen LogP contribution in [-0.2, 0) is 17.6 Å². The van der Waals surface area contributed by atoms with Gasteiger partial charge in [0, 0.05) is 44.2 Å². The molecule has 2 aliphatic carbocycles. The molecule has 152 valence electrons. The third-order valence-electron chi connectivity index (χ3n) is 5.51. The number of nitrogens with one attached hydrogen (secondary N) is 2. The molecule has 2 bridgehead atoms. The highest BCUT2D eigenvalue weighted by Crippen LogP contribution is 2.44. The van der Waals surface area contributed by atoms with Crippen LogP contribution in [0.15, 0.2) is 11.2 Å². The van der Waals surface area contributed by atoms with Gasteiger partial charge in [0.2, 0.25) is 5.91 Å². The molecule has 1 amide bonds. The first-order valence-corrected chi connectivity index (χ1v) is 10.6. The lowest BCUT2D eigenvalue weighted by Gasteiger charge is -2.25. The summed E-state index contributed by atoms with van der Waals surface area (Å²) in [6.07, 6.45) is 9.18. The van der Waals surface area contributed by atoms with Gasteiger partial charge < -0.3 is 15.5 Å². The van der Waals surface area contributed by atoms with E-state index in [-0.39, 0.29) is 36.4 Å². The van der Waals surface area contributed by atoms with Gasteiger partial charge in [0.25, 0.3) is 0 Å². The maximum atomic E-state index is 11.9. The Hall–Kier alpha value is -0.900. The summed E-state index contributed by atoms with van der Waals surface area (Å²) in [5, 5.41) is 8.16. The van der Waals surface area contributed by atoms with Gasteiger partial charge in [-0.05, 0) is 37.5 Å². The van der Waals surface area contributed by atoms with Gasteiger partial charge in [0.05, 0.1) is 5.01 Å². The molecule has 0 aromatic carbocycles. The van der Waals surface area contributed by atoms with Gasteiger partial charge >= 0.3 is 0 Å². The van der Waals surface area contributed by atoms with Crippen molar-refractivity contribution in [2.24, 2.45) is 16.8 Å². The molecular formula is C19H32IN5OS. The van der Waals surface area contributed by atoms with E-state index < -0.39 is 0 Å². The summed E-state index contributed by atoms with van der Waals surface area (Å²) >= 11 is 1.78. The number of nitrogens with zero attached hydrogens (tertiary/aromatic N) is 3. The van der Waals surface area contributed by atoms with Crippen molar-refractivity contribution in [2.75, 3.05) is 27.2 Å². The van der Waals surface area contributed by atoms with Crippen molar-refractivity contribution in [1.82, 2.24) is 20.5 Å². The zero-order chi connectivity index (χ0) is 18.5. The monoisotopic (exact) mass is 505 g/mol. The maximum absolute atomic E-state index is 11.9. The SMILES string of the molecule is CCc1cnc(CCNC(=NCC(=O)N(C)C)NC2CC3CCC2C3)s1.I. The zero-order valence-corrected chi connectivity index (χ0v) is 19.7. The van der Waals surface area contributed by atoms with Crippen molar-refractivity contribution in [1.29, 1.82) is 0 Å². The number of amides is 1. The second-order valence-corrected chi connectivity index (χ2v) is 8.83. The van der Waals surface area contributed by atoms with Crippen LogP contribution >= 0.6 is 35.3 Å². The molecule has 2 saturated carbocycles. The summed E-state index contributed by atoms with van der Waals surface area (Å²) in [4.78, 5) is 23.8. The van der Waals surface area contributed by atoms with Crippen molar-refractivity contribution >= 4 is 47.2 Å². The minimum absolute atomic E-state index is 0. The van der Waals surface area contributed by atoms with E-state index in [1.54, 1.807) is 30.3 Å². The van der Waals surface area contributed by atoms with Crippen molar-refractivity contribution < 1.29 is 4.79 Å². The molecule has 2 fully saturated rings. The van der Waals surface area contributed by atoms with Crippen LogP contribution in [-0.4, -0.2) is 55.0 Å². The molecule has 0 saturated heterocycles. The van der Waals surface area contributed by atoms with E-state index in [0.717, 1.165) is 42.2 Å². The molecule has 1 aromatic rings. The molecular weight excluding hydrogens is 473 g/mol. The Bertz CT molecular complexity index is 648. The van der Waals surface area contributed by atoms with E-state index in [9.17, 15) is 4.79 Å². The van der Waals surface area contributed by atoms with E-state index in [1.165, 1.54) is 30.6 Å². The largest absolute Gasteiger partial charge is 0.356 e. The lowest BCUT2D eigenvalue weighted by Crippen LogP contribution is -2.46. The van der Waals surface area contributed by atoms with Crippen LogP contribution in [0.25, 0.3) is 0 Å². The Morgan fingerprint density at radius 3 is 2.78 bits per heavy atom. The molecule has 0 radical (unpaired) electrons. The van der Waals surface area contributed by atoms with Gasteiger partial charge in [0.15, 0.2) is 5.96 Å². The second-order valence-electron chi connectivity index (χ2n) is 7.63. The van der Waals surface area contributed by atoms with Gasteiger partial charge in [-0.15, -0.1) is 35.3 Å². The van der Waals surface area contributed by atoms with Crippen LogP contribution in [0.3, 0.4) is 0 Å². The van der Waals surface area contributed by atoms with Crippen molar-refractivity contribution in [3.05, 3.63) is 16.1 Å². The number of thiazole rings is 1. The van der Waals surface area contributed by atoms with Gasteiger partial charge in [-0.25, -0.2) is 9.98 Å². The topological polar surface area (TPSA) is 69.6 Å². The lowest BCUT2D eigenvalue weighted by molar-refractivity contribution is -0.127. The van der Waals surface area contributed by atoms with Gasteiger partial charge in [-0.2, -0.15) is 0 Å². The molecule has 3 atom stereocenters. The number of aryl methyl sites for hydroxylation is 1. The number of likely N-dealkylation sites (N-methyl/N-ethyl adjacent to an activating group) is 1. The van der Waals surface area contributed by atoms with E-state index in [2.05, 4.69) is 27.5 Å². The van der Waals surface area contributed by atoms with Crippen molar-refractivity contribution in [3.63, 3.8) is 0 Å². The lowest BCUT2D eigenvalue weighted by atomic mass is 9.95. The second kappa shape index (κ2) is 10.6. The van der Waals surface area contributed by atoms with Crippen molar-refractivity contribution in [2.45, 2.75) is 51.5 Å². The Morgan fingerprint density at radius 1 is 1.37 bits per heavy atom. The molecule has 3 rings (SSSR count). The Kier molecular flexibility index (Phi) is 8.78. The van der Waals surface area contributed by atoms with Crippen LogP contribution in [0, 0.1) is 11.8 Å². The Morgan fingerprint density at radius 2 is 2.19 bits per heavy atom. The van der Waals surface area contributed by atoms with Gasteiger partial charge in [-0.1, -0.05) is 13.3 Å². The third-order valence-corrected chi connectivity index (χ3v) is 6.71. The number of hydrogen-bond donors (Lipinski definition) is 2. The van der Waals surface area contributed by atoms with Gasteiger partial charge in [0.1, 0.15) is 6.54 Å². The highest BCUT2D eigenvalue weighted by atomic mass is 127. The van der Waals surface area contributed by atoms with E-state index in [4.69, 9.17) is 0 Å². The van der Waals surface area contributed by atoms with Crippen molar-refractivity contribution in [3.8, 4) is 0 Å².